The molecule has 2 heteroatoms. The minimum Gasteiger partial charge on any atom is -0.303 e. The molecular weight excluding hydrogens is 352 g/mol. The van der Waals surface area contributed by atoms with Crippen molar-refractivity contribution < 1.29 is 0 Å². The molecule has 1 aromatic rings. The van der Waals surface area contributed by atoms with Crippen LogP contribution in [0.25, 0.3) is 5.57 Å². The van der Waals surface area contributed by atoms with Gasteiger partial charge < -0.3 is 4.90 Å². The summed E-state index contributed by atoms with van der Waals surface area (Å²) in [7, 11) is 2.29. The van der Waals surface area contributed by atoms with E-state index in [4.69, 9.17) is 0 Å². The number of hydrogen-bond acceptors (Lipinski definition) is 2. The molecule has 0 amide bonds. The van der Waals surface area contributed by atoms with Gasteiger partial charge in [-0.2, -0.15) is 0 Å². The minimum absolute atomic E-state index is 0.342. The van der Waals surface area contributed by atoms with Gasteiger partial charge in [-0.1, -0.05) is 38.5 Å². The number of allylic oxidation sites excluding steroid dienone is 3. The molecule has 1 aromatic heterocycles. The lowest BCUT2D eigenvalue weighted by Crippen LogP contribution is -2.49. The Labute approximate surface area is 177 Å². The number of rotatable bonds is 2. The maximum absolute atomic E-state index is 4.58. The molecule has 2 heterocycles. The first-order chi connectivity index (χ1) is 14.0. The summed E-state index contributed by atoms with van der Waals surface area (Å²) in [6.45, 7) is 9.84. The lowest BCUT2D eigenvalue weighted by atomic mass is 9.47. The van der Waals surface area contributed by atoms with Crippen LogP contribution in [0.1, 0.15) is 70.4 Å². The molecule has 0 unspecified atom stereocenters. The predicted molar refractivity (Wildman–Crippen MR) is 122 cm³/mol. The van der Waals surface area contributed by atoms with Gasteiger partial charge in [-0.15, -0.1) is 0 Å². The van der Waals surface area contributed by atoms with Gasteiger partial charge in [0.2, 0.25) is 0 Å². The largest absolute Gasteiger partial charge is 0.303 e. The highest BCUT2D eigenvalue weighted by atomic mass is 15.1. The van der Waals surface area contributed by atoms with Crippen molar-refractivity contribution in [1.29, 1.82) is 0 Å². The molecule has 5 atom stereocenters. The zero-order chi connectivity index (χ0) is 20.2. The fourth-order valence-corrected chi connectivity index (χ4v) is 7.63. The van der Waals surface area contributed by atoms with Gasteiger partial charge >= 0.3 is 0 Å². The average Bonchev–Trinajstić information content (AvgIpc) is 3.01. The maximum atomic E-state index is 4.58. The van der Waals surface area contributed by atoms with E-state index in [0.29, 0.717) is 10.8 Å². The lowest BCUT2D eigenvalue weighted by Gasteiger charge is -2.57. The molecule has 0 bridgehead atoms. The van der Waals surface area contributed by atoms with Crippen LogP contribution >= 0.6 is 0 Å². The van der Waals surface area contributed by atoms with Crippen LogP contribution in [0, 0.1) is 28.6 Å². The zero-order valence-electron chi connectivity index (χ0n) is 18.9. The molecular formula is C27H38N2. The first kappa shape index (κ1) is 19.5. The highest BCUT2D eigenvalue weighted by molar-refractivity contribution is 5.72. The van der Waals surface area contributed by atoms with Gasteiger partial charge in [0.25, 0.3) is 0 Å². The molecule has 2 saturated carbocycles. The molecule has 5 rings (SSSR count). The van der Waals surface area contributed by atoms with E-state index in [1.807, 2.05) is 6.20 Å². The third kappa shape index (κ3) is 2.97. The van der Waals surface area contributed by atoms with Crippen LogP contribution in [-0.2, 0) is 6.42 Å². The normalized spacial score (nSPS) is 39.7. The Balaban J connectivity index is 1.45. The summed E-state index contributed by atoms with van der Waals surface area (Å²) in [6, 6.07) is 2.41. The predicted octanol–water partition coefficient (Wildman–Crippen LogP) is 6.14. The average molecular weight is 391 g/mol. The first-order valence-corrected chi connectivity index (χ1v) is 12.0. The van der Waals surface area contributed by atoms with Gasteiger partial charge in [0.1, 0.15) is 0 Å². The van der Waals surface area contributed by atoms with Crippen LogP contribution in [0.4, 0.5) is 0 Å². The van der Waals surface area contributed by atoms with Crippen molar-refractivity contribution in [3.8, 4) is 0 Å². The van der Waals surface area contributed by atoms with Crippen molar-refractivity contribution in [1.82, 2.24) is 9.88 Å². The zero-order valence-corrected chi connectivity index (χ0v) is 18.9. The standard InChI is InChI=1S/C27H38N2/c1-5-19-16-20(18-28-17-19)23-8-9-24-22-7-6-21-11-14-29(4)15-13-26(21,2)25(22)10-12-27(23,24)3/h8,11,16-18,22,24-25H,5-7,9-10,12-15H2,1-4H3/t22-,24-,25-,26-,27+/m0/s1. The first-order valence-electron chi connectivity index (χ1n) is 12.0. The minimum atomic E-state index is 0.342. The molecule has 0 saturated heterocycles. The van der Waals surface area contributed by atoms with Crippen molar-refractivity contribution in [2.24, 2.45) is 28.6 Å². The van der Waals surface area contributed by atoms with E-state index in [1.54, 1.807) is 11.1 Å². The van der Waals surface area contributed by atoms with Crippen molar-refractivity contribution in [3.63, 3.8) is 0 Å². The number of nitrogens with zero attached hydrogens (tertiary/aromatic N) is 2. The summed E-state index contributed by atoms with van der Waals surface area (Å²) >= 11 is 0. The second-order valence-corrected chi connectivity index (χ2v) is 10.8. The highest BCUT2D eigenvalue weighted by Crippen LogP contribution is 2.66. The van der Waals surface area contributed by atoms with E-state index < -0.39 is 0 Å². The fourth-order valence-electron chi connectivity index (χ4n) is 7.63. The molecule has 1 aliphatic heterocycles. The van der Waals surface area contributed by atoms with Crippen LogP contribution in [0.15, 0.2) is 36.2 Å². The Morgan fingerprint density at radius 1 is 1.07 bits per heavy atom. The molecule has 0 spiro atoms. The summed E-state index contributed by atoms with van der Waals surface area (Å²) < 4.78 is 0. The molecule has 2 fully saturated rings. The second-order valence-electron chi connectivity index (χ2n) is 10.8. The molecule has 0 aromatic carbocycles. The molecule has 0 radical (unpaired) electrons. The van der Waals surface area contributed by atoms with E-state index in [9.17, 15) is 0 Å². The molecule has 4 aliphatic rings. The van der Waals surface area contributed by atoms with E-state index in [-0.39, 0.29) is 0 Å². The summed E-state index contributed by atoms with van der Waals surface area (Å²) in [5.74, 6) is 2.58. The van der Waals surface area contributed by atoms with Gasteiger partial charge in [-0.3, -0.25) is 4.98 Å². The molecule has 29 heavy (non-hydrogen) atoms. The Morgan fingerprint density at radius 2 is 1.93 bits per heavy atom. The van der Waals surface area contributed by atoms with Crippen LogP contribution < -0.4 is 0 Å². The quantitative estimate of drug-likeness (QED) is 0.564. The van der Waals surface area contributed by atoms with Crippen LogP contribution in [0.5, 0.6) is 0 Å². The van der Waals surface area contributed by atoms with E-state index in [2.05, 4.69) is 62.1 Å². The van der Waals surface area contributed by atoms with Gasteiger partial charge in [0, 0.05) is 18.9 Å². The van der Waals surface area contributed by atoms with Crippen LogP contribution in [0.2, 0.25) is 0 Å². The monoisotopic (exact) mass is 390 g/mol. The SMILES string of the molecule is CCc1cncc(C2=CC[C@H]3[C@@H]4CCC5=CCN(C)CC[C@]5(C)[C@H]4CC[C@]23C)c1. The van der Waals surface area contributed by atoms with E-state index in [0.717, 1.165) is 30.7 Å². The highest BCUT2D eigenvalue weighted by Gasteiger charge is 2.56. The summed E-state index contributed by atoms with van der Waals surface area (Å²) in [5, 5.41) is 0. The van der Waals surface area contributed by atoms with E-state index >= 15 is 0 Å². The topological polar surface area (TPSA) is 16.1 Å². The van der Waals surface area contributed by atoms with Gasteiger partial charge in [-0.25, -0.2) is 0 Å². The van der Waals surface area contributed by atoms with E-state index in [1.165, 1.54) is 56.2 Å². The van der Waals surface area contributed by atoms with Crippen molar-refractivity contribution in [3.05, 3.63) is 47.3 Å². The number of aromatic nitrogens is 1. The Kier molecular flexibility index (Phi) is 4.77. The van der Waals surface area contributed by atoms with Gasteiger partial charge in [-0.05, 0) is 110 Å². The Hall–Kier alpha value is -1.41. The van der Waals surface area contributed by atoms with Crippen molar-refractivity contribution in [2.45, 2.75) is 65.7 Å². The smallest absolute Gasteiger partial charge is 0.0343 e. The number of likely N-dealkylation sites (N-methyl/N-ethyl adjacent to an activating group) is 1. The second kappa shape index (κ2) is 7.08. The Bertz CT molecular complexity index is 852. The Morgan fingerprint density at radius 3 is 2.76 bits per heavy atom. The van der Waals surface area contributed by atoms with Crippen molar-refractivity contribution >= 4 is 5.57 Å². The number of hydrogen-bond donors (Lipinski definition) is 0. The van der Waals surface area contributed by atoms with Gasteiger partial charge in [0.05, 0.1) is 0 Å². The third-order valence-corrected chi connectivity index (χ3v) is 9.49. The summed E-state index contributed by atoms with van der Waals surface area (Å²) in [6.07, 6.45) is 18.5. The van der Waals surface area contributed by atoms with Crippen molar-refractivity contribution in [2.75, 3.05) is 20.1 Å². The van der Waals surface area contributed by atoms with Crippen LogP contribution in [-0.4, -0.2) is 30.0 Å². The number of pyridine rings is 1. The maximum Gasteiger partial charge on any atom is 0.0343 e. The number of aryl methyl sites for hydroxylation is 1. The molecule has 2 nitrogen and oxygen atoms in total. The summed E-state index contributed by atoms with van der Waals surface area (Å²) in [4.78, 5) is 7.10. The lowest BCUT2D eigenvalue weighted by molar-refractivity contribution is -0.0194. The number of fused-ring (bicyclic) bond motifs is 5. The van der Waals surface area contributed by atoms with Gasteiger partial charge in [0.15, 0.2) is 0 Å². The molecule has 156 valence electrons. The summed E-state index contributed by atoms with van der Waals surface area (Å²) in [5.41, 5.74) is 6.93. The molecule has 3 aliphatic carbocycles. The fraction of sp³-hybridized carbons (Fsp3) is 0.667. The van der Waals surface area contributed by atoms with Crippen LogP contribution in [0.3, 0.4) is 0 Å². The third-order valence-electron chi connectivity index (χ3n) is 9.49. The molecule has 0 N–H and O–H groups in total.